The summed E-state index contributed by atoms with van der Waals surface area (Å²) in [6.45, 7) is 7.55. The highest BCUT2D eigenvalue weighted by Crippen LogP contribution is 2.22. The van der Waals surface area contributed by atoms with Crippen LogP contribution in [0, 0.1) is 5.92 Å². The fraction of sp³-hybridized carbons (Fsp3) is 0.600. The Bertz CT molecular complexity index is 478. The van der Waals surface area contributed by atoms with Gasteiger partial charge in [0.15, 0.2) is 0 Å². The number of carbonyl (C=O) groups is 2. The lowest BCUT2D eigenvalue weighted by Crippen LogP contribution is -2.51. The second kappa shape index (κ2) is 6.59. The lowest BCUT2D eigenvalue weighted by atomic mass is 9.85. The summed E-state index contributed by atoms with van der Waals surface area (Å²) in [5.74, 6) is -0.558. The minimum Gasteiger partial charge on any atom is -0.481 e. The predicted molar refractivity (Wildman–Crippen MR) is 75.7 cm³/mol. The van der Waals surface area contributed by atoms with E-state index >= 15 is 0 Å². The zero-order valence-electron chi connectivity index (χ0n) is 12.5. The predicted octanol–water partition coefficient (Wildman–Crippen LogP) is 2.85. The monoisotopic (exact) mass is 281 g/mol. The molecule has 1 aromatic heterocycles. The number of rotatable bonds is 7. The fourth-order valence-electron chi connectivity index (χ4n) is 2.00. The number of furan rings is 1. The van der Waals surface area contributed by atoms with E-state index in [1.165, 1.54) is 6.26 Å². The van der Waals surface area contributed by atoms with Gasteiger partial charge in [0.05, 0.1) is 23.8 Å². The Labute approximate surface area is 119 Å². The van der Waals surface area contributed by atoms with Crippen LogP contribution in [0.1, 0.15) is 56.7 Å². The van der Waals surface area contributed by atoms with Gasteiger partial charge in [0.2, 0.25) is 0 Å². The van der Waals surface area contributed by atoms with Gasteiger partial charge < -0.3 is 14.8 Å². The maximum Gasteiger partial charge on any atom is 0.305 e. The Morgan fingerprint density at radius 1 is 1.45 bits per heavy atom. The highest BCUT2D eigenvalue weighted by Gasteiger charge is 2.33. The molecule has 0 aliphatic rings. The van der Waals surface area contributed by atoms with E-state index in [-0.39, 0.29) is 18.2 Å². The number of aliphatic carboxylic acids is 1. The Kier molecular flexibility index (Phi) is 5.36. The number of carbonyl (C=O) groups excluding carboxylic acids is 1. The zero-order valence-corrected chi connectivity index (χ0v) is 12.5. The molecule has 0 aliphatic carbocycles. The lowest BCUT2D eigenvalue weighted by Gasteiger charge is -2.33. The number of carboxylic acids is 1. The number of amides is 1. The first kappa shape index (κ1) is 16.3. The van der Waals surface area contributed by atoms with Crippen molar-refractivity contribution >= 4 is 11.9 Å². The molecule has 0 spiro atoms. The topological polar surface area (TPSA) is 79.5 Å². The molecule has 0 saturated heterocycles. The van der Waals surface area contributed by atoms with Crippen LogP contribution >= 0.6 is 0 Å². The minimum absolute atomic E-state index is 0.00377. The van der Waals surface area contributed by atoms with Crippen molar-refractivity contribution in [3.63, 3.8) is 0 Å². The van der Waals surface area contributed by atoms with Crippen molar-refractivity contribution in [3.05, 3.63) is 23.7 Å². The molecule has 0 radical (unpaired) electrons. The molecule has 1 amide bonds. The summed E-state index contributed by atoms with van der Waals surface area (Å²) in [6.07, 6.45) is 2.94. The molecule has 1 unspecified atom stereocenters. The van der Waals surface area contributed by atoms with E-state index in [1.807, 2.05) is 20.8 Å². The van der Waals surface area contributed by atoms with E-state index in [4.69, 9.17) is 9.52 Å². The lowest BCUT2D eigenvalue weighted by molar-refractivity contribution is -0.138. The van der Waals surface area contributed by atoms with Crippen molar-refractivity contribution in [2.45, 2.75) is 52.5 Å². The molecule has 1 aromatic rings. The first-order valence-electron chi connectivity index (χ1n) is 6.90. The molecule has 1 rings (SSSR count). The van der Waals surface area contributed by atoms with Crippen LogP contribution in [0.4, 0.5) is 0 Å². The summed E-state index contributed by atoms with van der Waals surface area (Å²) in [5.41, 5.74) is -0.298. The maximum absolute atomic E-state index is 12.3. The SMILES string of the molecule is CCCc1occc1C(=O)NC(C)(CC(=O)O)C(C)C. The van der Waals surface area contributed by atoms with Crippen molar-refractivity contribution in [1.29, 1.82) is 0 Å². The summed E-state index contributed by atoms with van der Waals surface area (Å²) < 4.78 is 5.31. The van der Waals surface area contributed by atoms with Crippen LogP contribution in [0.15, 0.2) is 16.7 Å². The first-order chi connectivity index (χ1) is 9.30. The van der Waals surface area contributed by atoms with E-state index in [1.54, 1.807) is 13.0 Å². The molecular formula is C15H23NO4. The van der Waals surface area contributed by atoms with Gasteiger partial charge in [0.1, 0.15) is 5.76 Å². The van der Waals surface area contributed by atoms with Gasteiger partial charge in [-0.3, -0.25) is 9.59 Å². The first-order valence-corrected chi connectivity index (χ1v) is 6.90. The fourth-order valence-corrected chi connectivity index (χ4v) is 2.00. The zero-order chi connectivity index (χ0) is 15.3. The molecule has 1 heterocycles. The summed E-state index contributed by atoms with van der Waals surface area (Å²) in [7, 11) is 0. The van der Waals surface area contributed by atoms with E-state index in [0.717, 1.165) is 6.42 Å². The standard InChI is InChI=1S/C15H23NO4/c1-5-6-12-11(7-8-20-12)14(19)16-15(4,10(2)3)9-13(17)18/h7-8,10H,5-6,9H2,1-4H3,(H,16,19)(H,17,18). The van der Waals surface area contributed by atoms with E-state index in [2.05, 4.69) is 5.32 Å². The summed E-state index contributed by atoms with van der Waals surface area (Å²) >= 11 is 0. The highest BCUT2D eigenvalue weighted by atomic mass is 16.4. The van der Waals surface area contributed by atoms with E-state index in [0.29, 0.717) is 17.7 Å². The largest absolute Gasteiger partial charge is 0.481 e. The van der Waals surface area contributed by atoms with Crippen LogP contribution in [0.5, 0.6) is 0 Å². The van der Waals surface area contributed by atoms with Crippen molar-refractivity contribution in [1.82, 2.24) is 5.32 Å². The van der Waals surface area contributed by atoms with Crippen molar-refractivity contribution < 1.29 is 19.1 Å². The summed E-state index contributed by atoms with van der Waals surface area (Å²) in [4.78, 5) is 23.3. The molecule has 0 fully saturated rings. The van der Waals surface area contributed by atoms with Crippen LogP contribution in [-0.4, -0.2) is 22.5 Å². The summed E-state index contributed by atoms with van der Waals surface area (Å²) in [5, 5.41) is 11.9. The number of hydrogen-bond donors (Lipinski definition) is 2. The van der Waals surface area contributed by atoms with Crippen molar-refractivity contribution in [3.8, 4) is 0 Å². The molecule has 112 valence electrons. The maximum atomic E-state index is 12.3. The van der Waals surface area contributed by atoms with Crippen LogP contribution in [-0.2, 0) is 11.2 Å². The van der Waals surface area contributed by atoms with Crippen LogP contribution in [0.2, 0.25) is 0 Å². The summed E-state index contributed by atoms with van der Waals surface area (Å²) in [6, 6.07) is 1.63. The molecule has 2 N–H and O–H groups in total. The molecule has 5 heteroatoms. The Hall–Kier alpha value is -1.78. The number of aryl methyl sites for hydroxylation is 1. The van der Waals surface area contributed by atoms with Crippen LogP contribution < -0.4 is 5.32 Å². The third-order valence-electron chi connectivity index (χ3n) is 3.66. The van der Waals surface area contributed by atoms with Crippen molar-refractivity contribution in [2.75, 3.05) is 0 Å². The molecule has 20 heavy (non-hydrogen) atoms. The number of hydrogen-bond acceptors (Lipinski definition) is 3. The Morgan fingerprint density at radius 2 is 2.10 bits per heavy atom. The number of carboxylic acid groups (broad SMARTS) is 1. The van der Waals surface area contributed by atoms with Gasteiger partial charge >= 0.3 is 5.97 Å². The van der Waals surface area contributed by atoms with Gasteiger partial charge in [-0.1, -0.05) is 20.8 Å². The van der Waals surface area contributed by atoms with Gasteiger partial charge in [0.25, 0.3) is 5.91 Å². The average Bonchev–Trinajstić information content (AvgIpc) is 2.76. The quantitative estimate of drug-likeness (QED) is 0.805. The third-order valence-corrected chi connectivity index (χ3v) is 3.66. The van der Waals surface area contributed by atoms with Gasteiger partial charge in [0, 0.05) is 6.42 Å². The Morgan fingerprint density at radius 3 is 2.60 bits per heavy atom. The van der Waals surface area contributed by atoms with E-state index < -0.39 is 11.5 Å². The van der Waals surface area contributed by atoms with Gasteiger partial charge in [-0.05, 0) is 25.3 Å². The molecule has 5 nitrogen and oxygen atoms in total. The molecule has 0 saturated carbocycles. The average molecular weight is 281 g/mol. The molecule has 0 aliphatic heterocycles. The number of nitrogens with one attached hydrogen (secondary N) is 1. The normalized spacial score (nSPS) is 14.1. The Balaban J connectivity index is 2.91. The smallest absolute Gasteiger partial charge is 0.305 e. The second-order valence-electron chi connectivity index (χ2n) is 5.60. The molecule has 0 bridgehead atoms. The van der Waals surface area contributed by atoms with E-state index in [9.17, 15) is 9.59 Å². The molecule has 0 aromatic carbocycles. The van der Waals surface area contributed by atoms with Crippen molar-refractivity contribution in [2.24, 2.45) is 5.92 Å². The van der Waals surface area contributed by atoms with Crippen LogP contribution in [0.25, 0.3) is 0 Å². The second-order valence-corrected chi connectivity index (χ2v) is 5.60. The molecule has 1 atom stereocenters. The van der Waals surface area contributed by atoms with Gasteiger partial charge in [-0.15, -0.1) is 0 Å². The third kappa shape index (κ3) is 3.85. The van der Waals surface area contributed by atoms with Gasteiger partial charge in [-0.2, -0.15) is 0 Å². The highest BCUT2D eigenvalue weighted by molar-refractivity contribution is 5.95. The van der Waals surface area contributed by atoms with Crippen LogP contribution in [0.3, 0.4) is 0 Å². The van der Waals surface area contributed by atoms with Gasteiger partial charge in [-0.25, -0.2) is 0 Å². The molecular weight excluding hydrogens is 258 g/mol. The minimum atomic E-state index is -0.928.